The molecule has 0 saturated carbocycles. The molecule has 1 aromatic carbocycles. The van der Waals surface area contributed by atoms with Gasteiger partial charge in [-0.2, -0.15) is 0 Å². The molecule has 1 N–H and O–H groups in total. The van der Waals surface area contributed by atoms with E-state index < -0.39 is 0 Å². The summed E-state index contributed by atoms with van der Waals surface area (Å²) >= 11 is 1.63. The van der Waals surface area contributed by atoms with Crippen molar-refractivity contribution in [2.75, 3.05) is 31.5 Å². The molecule has 2 aromatic rings. The summed E-state index contributed by atoms with van der Waals surface area (Å²) < 4.78 is 0. The van der Waals surface area contributed by atoms with Crippen LogP contribution in [0.2, 0.25) is 0 Å². The van der Waals surface area contributed by atoms with E-state index in [0.717, 1.165) is 62.8 Å². The Morgan fingerprint density at radius 3 is 2.75 bits per heavy atom. The molecule has 0 radical (unpaired) electrons. The smallest absolute Gasteiger partial charge is 0.229 e. The number of fused-ring (bicyclic) bond motifs is 1. The maximum absolute atomic E-state index is 12.6. The van der Waals surface area contributed by atoms with Crippen LogP contribution in [0.5, 0.6) is 0 Å². The zero-order valence-corrected chi connectivity index (χ0v) is 16.9. The van der Waals surface area contributed by atoms with Crippen LogP contribution in [0.15, 0.2) is 30.3 Å². The largest absolute Gasteiger partial charge is 0.302 e. The van der Waals surface area contributed by atoms with Crippen LogP contribution in [0.3, 0.4) is 0 Å². The summed E-state index contributed by atoms with van der Waals surface area (Å²) in [5.74, 6) is 2.84. The van der Waals surface area contributed by atoms with Crippen molar-refractivity contribution in [3.63, 3.8) is 0 Å². The number of carbonyl (C=O) groups excluding carboxylic acids is 1. The highest BCUT2D eigenvalue weighted by molar-refractivity contribution is 7.15. The van der Waals surface area contributed by atoms with Gasteiger partial charge in [-0.1, -0.05) is 36.3 Å². The number of rotatable bonds is 5. The van der Waals surface area contributed by atoms with E-state index >= 15 is 0 Å². The topological polar surface area (TPSA) is 48.5 Å². The molecular weight excluding hydrogens is 368 g/mol. The molecule has 0 bridgehead atoms. The van der Waals surface area contributed by atoms with Crippen LogP contribution >= 0.6 is 11.3 Å². The first kappa shape index (κ1) is 19.1. The van der Waals surface area contributed by atoms with Gasteiger partial charge in [0.15, 0.2) is 5.13 Å². The van der Waals surface area contributed by atoms with Crippen molar-refractivity contribution in [2.24, 2.45) is 5.92 Å². The lowest BCUT2D eigenvalue weighted by Crippen LogP contribution is -2.38. The lowest BCUT2D eigenvalue weighted by Gasteiger charge is -2.29. The molecule has 28 heavy (non-hydrogen) atoms. The number of nitrogens with one attached hydrogen (secondary N) is 1. The number of piperidine rings is 1. The minimum atomic E-state index is 0.0598. The van der Waals surface area contributed by atoms with E-state index in [1.807, 2.05) is 0 Å². The van der Waals surface area contributed by atoms with Crippen molar-refractivity contribution in [1.82, 2.24) is 14.8 Å². The summed E-state index contributed by atoms with van der Waals surface area (Å²) in [7, 11) is 0. The van der Waals surface area contributed by atoms with Crippen LogP contribution in [0, 0.1) is 18.3 Å². The number of thiazole rings is 1. The Morgan fingerprint density at radius 1 is 1.21 bits per heavy atom. The van der Waals surface area contributed by atoms with Gasteiger partial charge in [-0.3, -0.25) is 14.6 Å². The Balaban J connectivity index is 1.32. The molecule has 0 aliphatic carbocycles. The highest BCUT2D eigenvalue weighted by Crippen LogP contribution is 2.30. The van der Waals surface area contributed by atoms with Crippen molar-refractivity contribution in [3.05, 3.63) is 46.5 Å². The minimum absolute atomic E-state index is 0.0598. The number of carbonyl (C=O) groups is 1. The van der Waals surface area contributed by atoms with Crippen LogP contribution in [0.25, 0.3) is 0 Å². The van der Waals surface area contributed by atoms with Crippen molar-refractivity contribution in [2.45, 2.75) is 32.4 Å². The molecule has 3 heterocycles. The first-order valence-corrected chi connectivity index (χ1v) is 10.7. The standard InChI is InChI=1S/C22H26N4OS/c1-2-11-25-12-8-18(9-13-25)21(27)24-22-23-19-10-14-26(16-20(19)28-22)15-17-6-4-3-5-7-17/h1,3-7,18H,8-16H2,(H,23,24,27). The molecule has 1 saturated heterocycles. The second kappa shape index (κ2) is 8.87. The first-order valence-electron chi connectivity index (χ1n) is 9.93. The number of anilines is 1. The van der Waals surface area contributed by atoms with Gasteiger partial charge in [0.25, 0.3) is 0 Å². The molecule has 2 aliphatic heterocycles. The zero-order valence-electron chi connectivity index (χ0n) is 16.1. The van der Waals surface area contributed by atoms with Gasteiger partial charge in [0.1, 0.15) is 0 Å². The monoisotopic (exact) mass is 394 g/mol. The molecule has 2 aliphatic rings. The SMILES string of the molecule is C#CCN1CCC(C(=O)Nc2nc3c(s2)CN(Cc2ccccc2)CC3)CC1. The fraction of sp³-hybridized carbons (Fsp3) is 0.455. The average molecular weight is 395 g/mol. The normalized spacial score (nSPS) is 18.4. The lowest BCUT2D eigenvalue weighted by atomic mass is 9.96. The Morgan fingerprint density at radius 2 is 2.00 bits per heavy atom. The summed E-state index contributed by atoms with van der Waals surface area (Å²) in [4.78, 5) is 23.3. The number of hydrogen-bond donors (Lipinski definition) is 1. The maximum atomic E-state index is 12.6. The third-order valence-corrected chi connectivity index (χ3v) is 6.56. The fourth-order valence-electron chi connectivity index (χ4n) is 3.97. The zero-order chi connectivity index (χ0) is 19.3. The summed E-state index contributed by atoms with van der Waals surface area (Å²) in [6, 6.07) is 10.6. The first-order chi connectivity index (χ1) is 13.7. The second-order valence-electron chi connectivity index (χ2n) is 7.58. The number of aromatic nitrogens is 1. The van der Waals surface area contributed by atoms with Gasteiger partial charge in [-0.05, 0) is 31.5 Å². The van der Waals surface area contributed by atoms with E-state index in [9.17, 15) is 4.79 Å². The average Bonchev–Trinajstić information content (AvgIpc) is 3.11. The van der Waals surface area contributed by atoms with Crippen LogP contribution in [-0.4, -0.2) is 46.9 Å². The van der Waals surface area contributed by atoms with E-state index in [-0.39, 0.29) is 11.8 Å². The van der Waals surface area contributed by atoms with Crippen LogP contribution in [0.1, 0.15) is 29.0 Å². The van der Waals surface area contributed by atoms with Gasteiger partial charge in [0, 0.05) is 36.9 Å². The molecule has 1 fully saturated rings. The minimum Gasteiger partial charge on any atom is -0.302 e. The predicted octanol–water partition coefficient (Wildman–Crippen LogP) is 2.99. The summed E-state index contributed by atoms with van der Waals surface area (Å²) in [6.45, 7) is 5.33. The highest BCUT2D eigenvalue weighted by atomic mass is 32.1. The number of amides is 1. The third-order valence-electron chi connectivity index (χ3n) is 5.56. The molecule has 4 rings (SSSR count). The number of terminal acetylenes is 1. The fourth-order valence-corrected chi connectivity index (χ4v) is 5.02. The Bertz CT molecular complexity index is 849. The molecule has 0 atom stereocenters. The summed E-state index contributed by atoms with van der Waals surface area (Å²) in [5, 5.41) is 3.82. The Hall–Kier alpha value is -2.20. The maximum Gasteiger partial charge on any atom is 0.229 e. The van der Waals surface area contributed by atoms with Crippen molar-refractivity contribution in [1.29, 1.82) is 0 Å². The highest BCUT2D eigenvalue weighted by Gasteiger charge is 2.26. The second-order valence-corrected chi connectivity index (χ2v) is 8.66. The van der Waals surface area contributed by atoms with E-state index in [2.05, 4.69) is 51.4 Å². The number of nitrogens with zero attached hydrogens (tertiary/aromatic N) is 3. The molecule has 1 amide bonds. The molecule has 5 nitrogen and oxygen atoms in total. The van der Waals surface area contributed by atoms with E-state index in [0.29, 0.717) is 6.54 Å². The lowest BCUT2D eigenvalue weighted by molar-refractivity contribution is -0.121. The van der Waals surface area contributed by atoms with E-state index in [1.54, 1.807) is 11.3 Å². The predicted molar refractivity (Wildman–Crippen MR) is 113 cm³/mol. The van der Waals surface area contributed by atoms with E-state index in [1.165, 1.54) is 10.4 Å². The van der Waals surface area contributed by atoms with Crippen LogP contribution in [0.4, 0.5) is 5.13 Å². The van der Waals surface area contributed by atoms with Crippen LogP contribution in [-0.2, 0) is 24.3 Å². The molecular formula is C22H26N4OS. The summed E-state index contributed by atoms with van der Waals surface area (Å²) in [5.41, 5.74) is 2.48. The quantitative estimate of drug-likeness (QED) is 0.792. The molecule has 0 spiro atoms. The third kappa shape index (κ3) is 4.61. The van der Waals surface area contributed by atoms with Crippen LogP contribution < -0.4 is 5.32 Å². The Kier molecular flexibility index (Phi) is 6.06. The van der Waals surface area contributed by atoms with Gasteiger partial charge < -0.3 is 5.32 Å². The number of hydrogen-bond acceptors (Lipinski definition) is 5. The van der Waals surface area contributed by atoms with Gasteiger partial charge in [-0.25, -0.2) is 4.98 Å². The molecule has 1 aromatic heterocycles. The summed E-state index contributed by atoms with van der Waals surface area (Å²) in [6.07, 6.45) is 8.05. The Labute approximate surface area is 170 Å². The number of likely N-dealkylation sites (tertiary alicyclic amines) is 1. The van der Waals surface area contributed by atoms with Crippen molar-refractivity contribution < 1.29 is 4.79 Å². The van der Waals surface area contributed by atoms with E-state index in [4.69, 9.17) is 11.4 Å². The number of benzene rings is 1. The molecule has 0 unspecified atom stereocenters. The van der Waals surface area contributed by atoms with Gasteiger partial charge in [-0.15, -0.1) is 17.8 Å². The molecule has 146 valence electrons. The van der Waals surface area contributed by atoms with Crippen molar-refractivity contribution >= 4 is 22.4 Å². The molecule has 6 heteroatoms. The van der Waals surface area contributed by atoms with Crippen molar-refractivity contribution in [3.8, 4) is 12.3 Å². The van der Waals surface area contributed by atoms with Gasteiger partial charge in [0.2, 0.25) is 5.91 Å². The van der Waals surface area contributed by atoms with Gasteiger partial charge in [0.05, 0.1) is 12.2 Å². The van der Waals surface area contributed by atoms with Gasteiger partial charge >= 0.3 is 0 Å².